The Balaban J connectivity index is 2.71. The maximum Gasteiger partial charge on any atom is 0.140 e. The lowest BCUT2D eigenvalue weighted by molar-refractivity contribution is 0.238. The Hall–Kier alpha value is -0.970. The summed E-state index contributed by atoms with van der Waals surface area (Å²) in [4.78, 5) is 0. The summed E-state index contributed by atoms with van der Waals surface area (Å²) in [5.41, 5.74) is 0.798. The highest BCUT2D eigenvalue weighted by atomic mass is 35.5. The van der Waals surface area contributed by atoms with Crippen LogP contribution in [0.2, 0.25) is 0 Å². The zero-order chi connectivity index (χ0) is 9.68. The van der Waals surface area contributed by atoms with Crippen molar-refractivity contribution in [1.29, 1.82) is 0 Å². The van der Waals surface area contributed by atoms with Gasteiger partial charge in [-0.2, -0.15) is 0 Å². The van der Waals surface area contributed by atoms with Crippen LogP contribution in [0.4, 0.5) is 0 Å². The van der Waals surface area contributed by atoms with Crippen LogP contribution in [0.15, 0.2) is 30.3 Å². The fraction of sp³-hybridized carbons (Fsp3) is 0.273. The quantitative estimate of drug-likeness (QED) is 0.538. The third-order valence-corrected chi connectivity index (χ3v) is 1.64. The summed E-state index contributed by atoms with van der Waals surface area (Å²) in [5.74, 6) is 5.38. The SMILES string of the molecule is CC(Cl)C#CC(O)c1ccccc1. The van der Waals surface area contributed by atoms with Crippen LogP contribution in [0.3, 0.4) is 0 Å². The largest absolute Gasteiger partial charge is 0.376 e. The van der Waals surface area contributed by atoms with Crippen molar-refractivity contribution in [3.05, 3.63) is 35.9 Å². The molecule has 0 aliphatic rings. The van der Waals surface area contributed by atoms with E-state index >= 15 is 0 Å². The van der Waals surface area contributed by atoms with Gasteiger partial charge in [0.25, 0.3) is 0 Å². The summed E-state index contributed by atoms with van der Waals surface area (Å²) in [6.07, 6.45) is -0.734. The summed E-state index contributed by atoms with van der Waals surface area (Å²) in [6.45, 7) is 1.77. The first kappa shape index (κ1) is 10.1. The summed E-state index contributed by atoms with van der Waals surface area (Å²) in [7, 11) is 0. The highest BCUT2D eigenvalue weighted by Crippen LogP contribution is 2.10. The second-order valence-electron chi connectivity index (χ2n) is 2.72. The third kappa shape index (κ3) is 3.50. The summed E-state index contributed by atoms with van der Waals surface area (Å²) in [6, 6.07) is 9.29. The molecule has 0 aromatic heterocycles. The first-order valence-electron chi connectivity index (χ1n) is 4.08. The molecule has 0 saturated heterocycles. The Morgan fingerprint density at radius 1 is 1.23 bits per heavy atom. The Bertz CT molecular complexity index is 308. The van der Waals surface area contributed by atoms with Gasteiger partial charge in [0.1, 0.15) is 6.10 Å². The van der Waals surface area contributed by atoms with Crippen molar-refractivity contribution in [2.75, 3.05) is 0 Å². The predicted molar refractivity (Wildman–Crippen MR) is 54.5 cm³/mol. The van der Waals surface area contributed by atoms with Gasteiger partial charge in [-0.3, -0.25) is 0 Å². The van der Waals surface area contributed by atoms with Crippen LogP contribution in [-0.2, 0) is 0 Å². The molecule has 0 saturated carbocycles. The van der Waals surface area contributed by atoms with E-state index < -0.39 is 6.10 Å². The van der Waals surface area contributed by atoms with E-state index in [2.05, 4.69) is 11.8 Å². The lowest BCUT2D eigenvalue weighted by Crippen LogP contribution is -1.94. The summed E-state index contributed by atoms with van der Waals surface area (Å²) in [5, 5.41) is 9.31. The fourth-order valence-electron chi connectivity index (χ4n) is 0.912. The topological polar surface area (TPSA) is 20.2 Å². The molecule has 1 nitrogen and oxygen atoms in total. The molecule has 0 aliphatic heterocycles. The van der Waals surface area contributed by atoms with Crippen LogP contribution < -0.4 is 0 Å². The lowest BCUT2D eigenvalue weighted by Gasteiger charge is -2.01. The van der Waals surface area contributed by atoms with E-state index in [-0.39, 0.29) is 5.38 Å². The number of halogens is 1. The molecule has 2 atom stereocenters. The highest BCUT2D eigenvalue weighted by molar-refractivity contribution is 6.22. The van der Waals surface area contributed by atoms with Crippen molar-refractivity contribution in [2.24, 2.45) is 0 Å². The molecule has 0 spiro atoms. The van der Waals surface area contributed by atoms with Crippen LogP contribution in [-0.4, -0.2) is 10.5 Å². The number of hydrogen-bond donors (Lipinski definition) is 1. The minimum absolute atomic E-state index is 0.224. The molecule has 2 unspecified atom stereocenters. The van der Waals surface area contributed by atoms with E-state index in [1.54, 1.807) is 6.92 Å². The molecule has 0 bridgehead atoms. The molecule has 1 N–H and O–H groups in total. The number of rotatable bonds is 1. The monoisotopic (exact) mass is 194 g/mol. The normalized spacial score (nSPS) is 14.1. The number of alkyl halides is 1. The first-order chi connectivity index (χ1) is 6.20. The second-order valence-corrected chi connectivity index (χ2v) is 3.37. The molecular weight excluding hydrogens is 184 g/mol. The molecular formula is C11H11ClO. The van der Waals surface area contributed by atoms with Crippen LogP contribution in [0.25, 0.3) is 0 Å². The van der Waals surface area contributed by atoms with E-state index in [0.29, 0.717) is 0 Å². The average molecular weight is 195 g/mol. The molecule has 0 radical (unpaired) electrons. The molecule has 68 valence electrons. The standard InChI is InChI=1S/C11H11ClO/c1-9(12)7-8-11(13)10-5-3-2-4-6-10/h2-6,9,11,13H,1H3. The highest BCUT2D eigenvalue weighted by Gasteiger charge is 2.00. The average Bonchev–Trinajstić information content (AvgIpc) is 2.15. The van der Waals surface area contributed by atoms with Crippen LogP contribution in [0.1, 0.15) is 18.6 Å². The second kappa shape index (κ2) is 4.91. The Labute approximate surface area is 83.4 Å². The van der Waals surface area contributed by atoms with E-state index in [9.17, 15) is 5.11 Å². The summed E-state index contributed by atoms with van der Waals surface area (Å²) >= 11 is 5.62. The van der Waals surface area contributed by atoms with E-state index in [4.69, 9.17) is 11.6 Å². The molecule has 0 aliphatic carbocycles. The van der Waals surface area contributed by atoms with Crippen molar-refractivity contribution < 1.29 is 5.11 Å². The number of hydrogen-bond acceptors (Lipinski definition) is 1. The van der Waals surface area contributed by atoms with Crippen LogP contribution in [0.5, 0.6) is 0 Å². The van der Waals surface area contributed by atoms with Gasteiger partial charge in [0.2, 0.25) is 0 Å². The minimum Gasteiger partial charge on any atom is -0.376 e. The van der Waals surface area contributed by atoms with Crippen molar-refractivity contribution in [2.45, 2.75) is 18.4 Å². The molecule has 1 aromatic carbocycles. The van der Waals surface area contributed by atoms with Crippen molar-refractivity contribution >= 4 is 11.6 Å². The van der Waals surface area contributed by atoms with Crippen molar-refractivity contribution in [3.8, 4) is 11.8 Å². The maximum atomic E-state index is 9.54. The van der Waals surface area contributed by atoms with Crippen molar-refractivity contribution in [1.82, 2.24) is 0 Å². The van der Waals surface area contributed by atoms with Gasteiger partial charge in [0.15, 0.2) is 0 Å². The summed E-state index contributed by atoms with van der Waals surface area (Å²) < 4.78 is 0. The zero-order valence-corrected chi connectivity index (χ0v) is 8.12. The molecule has 0 amide bonds. The Morgan fingerprint density at radius 3 is 2.38 bits per heavy atom. The van der Waals surface area contributed by atoms with Crippen LogP contribution >= 0.6 is 11.6 Å². The molecule has 13 heavy (non-hydrogen) atoms. The molecule has 1 aromatic rings. The third-order valence-electron chi connectivity index (χ3n) is 1.53. The number of benzene rings is 1. The van der Waals surface area contributed by atoms with Gasteiger partial charge in [-0.05, 0) is 12.5 Å². The van der Waals surface area contributed by atoms with Gasteiger partial charge in [-0.25, -0.2) is 0 Å². The fourth-order valence-corrected chi connectivity index (χ4v) is 0.975. The van der Waals surface area contributed by atoms with Gasteiger partial charge >= 0.3 is 0 Å². The van der Waals surface area contributed by atoms with E-state index in [1.165, 1.54) is 0 Å². The van der Waals surface area contributed by atoms with Gasteiger partial charge in [0, 0.05) is 0 Å². The number of aliphatic hydroxyl groups excluding tert-OH is 1. The maximum absolute atomic E-state index is 9.54. The van der Waals surface area contributed by atoms with E-state index in [1.807, 2.05) is 30.3 Å². The smallest absolute Gasteiger partial charge is 0.140 e. The first-order valence-corrected chi connectivity index (χ1v) is 4.52. The van der Waals surface area contributed by atoms with Gasteiger partial charge in [-0.15, -0.1) is 11.6 Å². The minimum atomic E-state index is -0.734. The molecule has 2 heteroatoms. The van der Waals surface area contributed by atoms with Gasteiger partial charge < -0.3 is 5.11 Å². The lowest BCUT2D eigenvalue weighted by atomic mass is 10.1. The molecule has 0 heterocycles. The van der Waals surface area contributed by atoms with Crippen LogP contribution in [0, 0.1) is 11.8 Å². The van der Waals surface area contributed by atoms with Gasteiger partial charge in [-0.1, -0.05) is 42.2 Å². The predicted octanol–water partition coefficient (Wildman–Crippen LogP) is 2.35. The van der Waals surface area contributed by atoms with E-state index in [0.717, 1.165) is 5.56 Å². The Kier molecular flexibility index (Phi) is 3.82. The zero-order valence-electron chi connectivity index (χ0n) is 7.37. The molecule has 0 fully saturated rings. The molecule has 1 rings (SSSR count). The van der Waals surface area contributed by atoms with Gasteiger partial charge in [0.05, 0.1) is 5.38 Å². The number of aliphatic hydroxyl groups is 1. The van der Waals surface area contributed by atoms with Crippen molar-refractivity contribution in [3.63, 3.8) is 0 Å². The Morgan fingerprint density at radius 2 is 1.85 bits per heavy atom.